The van der Waals surface area contributed by atoms with Crippen LogP contribution in [0.25, 0.3) is 22.6 Å². The van der Waals surface area contributed by atoms with Gasteiger partial charge < -0.3 is 14.2 Å². The quantitative estimate of drug-likeness (QED) is 0.206. The molecule has 1 aliphatic heterocycles. The van der Waals surface area contributed by atoms with Crippen LogP contribution in [0.3, 0.4) is 0 Å². The van der Waals surface area contributed by atoms with Crippen molar-refractivity contribution < 1.29 is 25.5 Å². The fraction of sp³-hybridized carbons (Fsp3) is 0.200. The maximum atomic E-state index is 6.42. The van der Waals surface area contributed by atoms with Crippen molar-refractivity contribution >= 4 is 5.69 Å². The molecule has 0 saturated carbocycles. The van der Waals surface area contributed by atoms with Crippen LogP contribution in [0.2, 0.25) is 0 Å². The van der Waals surface area contributed by atoms with Gasteiger partial charge in [0.2, 0.25) is 0 Å². The summed E-state index contributed by atoms with van der Waals surface area (Å²) in [6, 6.07) is 26.9. The van der Waals surface area contributed by atoms with E-state index in [1.807, 2.05) is 42.5 Å². The van der Waals surface area contributed by atoms with E-state index >= 15 is 0 Å². The molecule has 35 heavy (non-hydrogen) atoms. The third-order valence-electron chi connectivity index (χ3n) is 6.01. The first-order valence-electron chi connectivity index (χ1n) is 11.7. The van der Waals surface area contributed by atoms with Crippen LogP contribution in [0.1, 0.15) is 29.0 Å². The van der Waals surface area contributed by atoms with E-state index in [0.717, 1.165) is 53.5 Å². The fourth-order valence-corrected chi connectivity index (χ4v) is 4.53. The molecule has 1 aromatic heterocycles. The van der Waals surface area contributed by atoms with Gasteiger partial charge in [0.25, 0.3) is 0 Å². The van der Waals surface area contributed by atoms with Crippen molar-refractivity contribution in [1.29, 1.82) is 0 Å². The van der Waals surface area contributed by atoms with Gasteiger partial charge in [0, 0.05) is 38.7 Å². The van der Waals surface area contributed by atoms with Gasteiger partial charge in [-0.2, -0.15) is 37.0 Å². The van der Waals surface area contributed by atoms with E-state index in [1.54, 1.807) is 0 Å². The smallest absolute Gasteiger partial charge is 0.185 e. The zero-order valence-corrected chi connectivity index (χ0v) is 22.5. The molecule has 3 aromatic carbocycles. The number of rotatable bonds is 7. The molecule has 0 saturated heterocycles. The maximum absolute atomic E-state index is 6.42. The first-order valence-corrected chi connectivity index (χ1v) is 11.7. The van der Waals surface area contributed by atoms with Crippen molar-refractivity contribution in [3.63, 3.8) is 0 Å². The summed E-state index contributed by atoms with van der Waals surface area (Å²) in [4.78, 5) is 9.19. The summed E-state index contributed by atoms with van der Waals surface area (Å²) < 4.78 is 6.42. The van der Waals surface area contributed by atoms with E-state index in [4.69, 9.17) is 9.40 Å². The van der Waals surface area contributed by atoms with Crippen molar-refractivity contribution in [2.75, 3.05) is 11.4 Å². The van der Waals surface area contributed by atoms with Crippen molar-refractivity contribution in [3.8, 4) is 22.6 Å². The number of aryl methyl sites for hydroxylation is 4. The molecule has 0 aliphatic carbocycles. The van der Waals surface area contributed by atoms with Crippen LogP contribution in [0.4, 0.5) is 5.69 Å². The van der Waals surface area contributed by atoms with Gasteiger partial charge in [-0.1, -0.05) is 17.7 Å². The molecule has 0 bridgehead atoms. The minimum absolute atomic E-state index is 0. The molecule has 0 atom stereocenters. The Morgan fingerprint density at radius 3 is 2.37 bits per heavy atom. The molecule has 0 unspecified atom stereocenters. The van der Waals surface area contributed by atoms with Gasteiger partial charge in [-0.25, -0.2) is 0 Å². The average molecular weight is 642 g/mol. The summed E-state index contributed by atoms with van der Waals surface area (Å²) in [5, 5.41) is 0. The Balaban J connectivity index is 0.00000289. The minimum Gasteiger partial charge on any atom is -0.508 e. The average Bonchev–Trinajstić information content (AvgIpc) is 3.47. The SMILES string of the molecule is Cc1cc(C)c(-c2oc(CCCN3C=CN(c4[c-]cccc4)[CH-]3)nc2-c2[c-]cccc2)c(C)c1.[Pt]. The number of nitrogens with zero attached hydrogens (tertiary/aromatic N) is 3. The molecule has 182 valence electrons. The summed E-state index contributed by atoms with van der Waals surface area (Å²) in [6.07, 6.45) is 5.84. The minimum atomic E-state index is 0. The second kappa shape index (κ2) is 11.1. The number of oxazole rings is 1. The number of para-hydroxylation sites is 1. The number of benzene rings is 3. The Hall–Kier alpha value is -3.10. The number of hydrogen-bond donors (Lipinski definition) is 0. The monoisotopic (exact) mass is 641 g/mol. The molecule has 5 heteroatoms. The summed E-state index contributed by atoms with van der Waals surface area (Å²) in [7, 11) is 0. The number of hydrogen-bond acceptors (Lipinski definition) is 4. The zero-order chi connectivity index (χ0) is 23.5. The molecule has 1 aliphatic rings. The molecule has 0 spiro atoms. The van der Waals surface area contributed by atoms with Gasteiger partial charge >= 0.3 is 0 Å². The molecule has 4 aromatic rings. The Labute approximate surface area is 222 Å². The Morgan fingerprint density at radius 1 is 0.943 bits per heavy atom. The largest absolute Gasteiger partial charge is 0.508 e. The van der Waals surface area contributed by atoms with Crippen LogP contribution in [0.5, 0.6) is 0 Å². The third kappa shape index (κ3) is 5.60. The van der Waals surface area contributed by atoms with Gasteiger partial charge in [-0.3, -0.25) is 4.98 Å². The Bertz CT molecular complexity index is 1270. The van der Waals surface area contributed by atoms with Gasteiger partial charge in [0.1, 0.15) is 5.76 Å². The van der Waals surface area contributed by atoms with Crippen LogP contribution in [0, 0.1) is 39.6 Å². The molecular weight excluding hydrogens is 613 g/mol. The second-order valence-electron chi connectivity index (χ2n) is 8.75. The molecular formula is C30H28N3OPt-3. The van der Waals surface area contributed by atoms with Crippen LogP contribution in [0.15, 0.2) is 77.5 Å². The number of aromatic nitrogens is 1. The van der Waals surface area contributed by atoms with Gasteiger partial charge in [0.05, 0.1) is 0 Å². The third-order valence-corrected chi connectivity index (χ3v) is 6.01. The van der Waals surface area contributed by atoms with Crippen molar-refractivity contribution in [3.05, 3.63) is 114 Å². The van der Waals surface area contributed by atoms with Gasteiger partial charge in [-0.05, 0) is 57.3 Å². The van der Waals surface area contributed by atoms with Crippen molar-refractivity contribution in [1.82, 2.24) is 9.88 Å². The zero-order valence-electron chi connectivity index (χ0n) is 20.2. The van der Waals surface area contributed by atoms with Crippen LogP contribution in [-0.2, 0) is 27.5 Å². The van der Waals surface area contributed by atoms with E-state index in [1.165, 1.54) is 16.7 Å². The maximum Gasteiger partial charge on any atom is 0.185 e. The molecule has 0 fully saturated rings. The van der Waals surface area contributed by atoms with Crippen molar-refractivity contribution in [2.45, 2.75) is 33.6 Å². The van der Waals surface area contributed by atoms with E-state index in [0.29, 0.717) is 0 Å². The Kier molecular flexibility index (Phi) is 7.93. The Morgan fingerprint density at radius 2 is 1.69 bits per heavy atom. The van der Waals surface area contributed by atoms with Crippen LogP contribution >= 0.6 is 0 Å². The molecule has 5 rings (SSSR count). The summed E-state index contributed by atoms with van der Waals surface area (Å²) >= 11 is 0. The van der Waals surface area contributed by atoms with Crippen LogP contribution in [-0.4, -0.2) is 16.4 Å². The molecule has 4 nitrogen and oxygen atoms in total. The second-order valence-corrected chi connectivity index (χ2v) is 8.75. The topological polar surface area (TPSA) is 32.5 Å². The summed E-state index contributed by atoms with van der Waals surface area (Å²) in [5.74, 6) is 1.60. The number of anilines is 1. The first-order chi connectivity index (χ1) is 16.6. The van der Waals surface area contributed by atoms with E-state index in [2.05, 4.69) is 80.0 Å². The predicted octanol–water partition coefficient (Wildman–Crippen LogP) is 6.88. The first kappa shape index (κ1) is 25.0. The van der Waals surface area contributed by atoms with E-state index in [-0.39, 0.29) is 21.1 Å². The normalized spacial score (nSPS) is 12.8. The summed E-state index contributed by atoms with van der Waals surface area (Å²) in [5.41, 5.74) is 7.64. The van der Waals surface area contributed by atoms with E-state index in [9.17, 15) is 0 Å². The van der Waals surface area contributed by atoms with Gasteiger partial charge in [0.15, 0.2) is 5.89 Å². The molecule has 0 radical (unpaired) electrons. The van der Waals surface area contributed by atoms with Crippen LogP contribution < -0.4 is 4.90 Å². The molecule has 0 amide bonds. The summed E-state index contributed by atoms with van der Waals surface area (Å²) in [6.45, 7) is 9.38. The molecule has 0 N–H and O–H groups in total. The van der Waals surface area contributed by atoms with Crippen molar-refractivity contribution in [2.24, 2.45) is 0 Å². The fourth-order valence-electron chi connectivity index (χ4n) is 4.53. The van der Waals surface area contributed by atoms with Gasteiger partial charge in [-0.15, -0.1) is 41.6 Å². The van der Waals surface area contributed by atoms with E-state index < -0.39 is 0 Å². The predicted molar refractivity (Wildman–Crippen MR) is 137 cm³/mol. The standard InChI is InChI=1S/C30H28N3O.Pt/c1-22-19-23(2)28(24(3)20-22)30-29(25-11-6-4-7-12-25)31-27(34-30)15-10-16-32-17-18-33(21-32)26-13-8-5-9-14-26;/h4-9,11,13,17-21H,10,15-16H2,1-3H3;/q-3;. The molecule has 2 heterocycles.